The van der Waals surface area contributed by atoms with Gasteiger partial charge in [0.25, 0.3) is 0 Å². The minimum Gasteiger partial charge on any atom is -0.353 e. The Labute approximate surface area is 161 Å². The van der Waals surface area contributed by atoms with Crippen LogP contribution >= 0.6 is 23.1 Å². The van der Waals surface area contributed by atoms with Crippen LogP contribution < -0.4 is 5.32 Å². The SMILES string of the molecule is Cc1sc2ncnc(SCC(=O)NC3CC(c4ccccc4)C3)c2c1C. The van der Waals surface area contributed by atoms with Gasteiger partial charge in [-0.25, -0.2) is 9.97 Å². The topological polar surface area (TPSA) is 54.9 Å². The van der Waals surface area contributed by atoms with E-state index in [1.165, 1.54) is 27.8 Å². The first kappa shape index (κ1) is 17.5. The monoisotopic (exact) mass is 383 g/mol. The molecule has 1 aliphatic carbocycles. The third-order valence-electron chi connectivity index (χ3n) is 5.04. The van der Waals surface area contributed by atoms with Crippen molar-refractivity contribution in [3.05, 3.63) is 52.7 Å². The molecule has 4 nitrogen and oxygen atoms in total. The molecule has 0 atom stereocenters. The molecule has 3 aromatic rings. The highest BCUT2D eigenvalue weighted by molar-refractivity contribution is 8.00. The Morgan fingerprint density at radius 2 is 2.00 bits per heavy atom. The van der Waals surface area contributed by atoms with E-state index in [2.05, 4.69) is 53.4 Å². The molecule has 1 N–H and O–H groups in total. The van der Waals surface area contributed by atoms with Crippen molar-refractivity contribution in [2.45, 2.75) is 43.7 Å². The standard InChI is InChI=1S/C20H21N3OS2/c1-12-13(2)26-20-18(12)19(21-11-22-20)25-10-17(24)23-16-8-15(9-16)14-6-4-3-5-7-14/h3-7,11,15-16H,8-10H2,1-2H3,(H,23,24). The smallest absolute Gasteiger partial charge is 0.230 e. The number of amides is 1. The van der Waals surface area contributed by atoms with E-state index in [4.69, 9.17) is 0 Å². The van der Waals surface area contributed by atoms with E-state index < -0.39 is 0 Å². The number of thioether (sulfide) groups is 1. The lowest BCUT2D eigenvalue weighted by molar-refractivity contribution is -0.119. The molecule has 134 valence electrons. The summed E-state index contributed by atoms with van der Waals surface area (Å²) in [4.78, 5) is 23.3. The minimum atomic E-state index is 0.0860. The molecule has 4 rings (SSSR count). The summed E-state index contributed by atoms with van der Waals surface area (Å²) in [5.74, 6) is 1.06. The molecule has 0 unspecified atom stereocenters. The maximum Gasteiger partial charge on any atom is 0.230 e. The predicted octanol–water partition coefficient (Wildman–Crippen LogP) is 4.46. The average molecular weight is 384 g/mol. The van der Waals surface area contributed by atoms with E-state index in [-0.39, 0.29) is 5.91 Å². The van der Waals surface area contributed by atoms with Crippen LogP contribution in [0.1, 0.15) is 34.8 Å². The molecule has 1 amide bonds. The molecule has 26 heavy (non-hydrogen) atoms. The van der Waals surface area contributed by atoms with Crippen LogP contribution in [-0.2, 0) is 4.79 Å². The molecule has 0 aliphatic heterocycles. The molecule has 2 heterocycles. The molecular formula is C20H21N3OS2. The van der Waals surface area contributed by atoms with Crippen molar-refractivity contribution in [2.75, 3.05) is 5.75 Å². The molecule has 6 heteroatoms. The Morgan fingerprint density at radius 1 is 1.23 bits per heavy atom. The number of aryl methyl sites for hydroxylation is 2. The van der Waals surface area contributed by atoms with Crippen LogP contribution in [0.15, 0.2) is 41.7 Å². The average Bonchev–Trinajstić information content (AvgIpc) is 2.91. The molecule has 2 aromatic heterocycles. The van der Waals surface area contributed by atoms with Crippen LogP contribution in [0.25, 0.3) is 10.2 Å². The van der Waals surface area contributed by atoms with E-state index in [1.54, 1.807) is 17.7 Å². The fraction of sp³-hybridized carbons (Fsp3) is 0.350. The molecule has 0 radical (unpaired) electrons. The van der Waals surface area contributed by atoms with Crippen molar-refractivity contribution in [3.8, 4) is 0 Å². The molecular weight excluding hydrogens is 362 g/mol. The first-order valence-electron chi connectivity index (χ1n) is 8.79. The van der Waals surface area contributed by atoms with Crippen molar-refractivity contribution < 1.29 is 4.79 Å². The van der Waals surface area contributed by atoms with Gasteiger partial charge in [-0.1, -0.05) is 42.1 Å². The van der Waals surface area contributed by atoms with Crippen LogP contribution in [0.3, 0.4) is 0 Å². The largest absolute Gasteiger partial charge is 0.353 e. The number of carbonyl (C=O) groups excluding carboxylic acids is 1. The highest BCUT2D eigenvalue weighted by Gasteiger charge is 2.31. The Balaban J connectivity index is 1.32. The van der Waals surface area contributed by atoms with Crippen LogP contribution in [0.2, 0.25) is 0 Å². The van der Waals surface area contributed by atoms with E-state index in [1.807, 2.05) is 6.07 Å². The number of nitrogens with one attached hydrogen (secondary N) is 1. The summed E-state index contributed by atoms with van der Waals surface area (Å²) >= 11 is 3.19. The molecule has 0 spiro atoms. The van der Waals surface area contributed by atoms with E-state index in [9.17, 15) is 4.79 Å². The first-order valence-corrected chi connectivity index (χ1v) is 10.6. The molecule has 0 saturated heterocycles. The fourth-order valence-electron chi connectivity index (χ4n) is 3.40. The quantitative estimate of drug-likeness (QED) is 0.522. The van der Waals surface area contributed by atoms with Crippen LogP contribution in [0.5, 0.6) is 0 Å². The number of rotatable bonds is 5. The molecule has 1 saturated carbocycles. The van der Waals surface area contributed by atoms with Crippen LogP contribution in [-0.4, -0.2) is 27.7 Å². The molecule has 1 aromatic carbocycles. The summed E-state index contributed by atoms with van der Waals surface area (Å²) in [5.41, 5.74) is 2.59. The van der Waals surface area contributed by atoms with Gasteiger partial charge >= 0.3 is 0 Å². The van der Waals surface area contributed by atoms with Gasteiger partial charge in [0.1, 0.15) is 16.2 Å². The van der Waals surface area contributed by atoms with Crippen LogP contribution in [0, 0.1) is 13.8 Å². The summed E-state index contributed by atoms with van der Waals surface area (Å²) in [5, 5.41) is 5.16. The third kappa shape index (κ3) is 3.48. The summed E-state index contributed by atoms with van der Waals surface area (Å²) in [6.45, 7) is 4.20. The first-order chi connectivity index (χ1) is 12.6. The zero-order valence-corrected chi connectivity index (χ0v) is 16.5. The normalized spacial score (nSPS) is 19.3. The Hall–Kier alpha value is -1.92. The maximum atomic E-state index is 12.3. The number of hydrogen-bond acceptors (Lipinski definition) is 5. The second-order valence-corrected chi connectivity index (χ2v) is 8.94. The molecule has 0 bridgehead atoms. The third-order valence-corrected chi connectivity index (χ3v) is 7.15. The summed E-state index contributed by atoms with van der Waals surface area (Å²) in [7, 11) is 0. The minimum absolute atomic E-state index is 0.0860. The van der Waals surface area contributed by atoms with Gasteiger partial charge in [-0.2, -0.15) is 0 Å². The zero-order valence-electron chi connectivity index (χ0n) is 14.9. The Kier molecular flexibility index (Phi) is 4.96. The van der Waals surface area contributed by atoms with Gasteiger partial charge in [0.05, 0.1) is 5.75 Å². The number of carbonyl (C=O) groups is 1. The number of aromatic nitrogens is 2. The van der Waals surface area contributed by atoms with Crippen molar-refractivity contribution in [1.29, 1.82) is 0 Å². The van der Waals surface area contributed by atoms with E-state index in [0.29, 0.717) is 17.7 Å². The second-order valence-electron chi connectivity index (χ2n) is 6.77. The van der Waals surface area contributed by atoms with Gasteiger partial charge in [-0.15, -0.1) is 11.3 Å². The number of benzene rings is 1. The number of thiophene rings is 1. The van der Waals surface area contributed by atoms with Gasteiger partial charge in [-0.3, -0.25) is 4.79 Å². The van der Waals surface area contributed by atoms with Gasteiger partial charge in [0.15, 0.2) is 0 Å². The fourth-order valence-corrected chi connectivity index (χ4v) is 5.32. The van der Waals surface area contributed by atoms with Crippen molar-refractivity contribution in [2.24, 2.45) is 0 Å². The maximum absolute atomic E-state index is 12.3. The van der Waals surface area contributed by atoms with Gasteiger partial charge in [0.2, 0.25) is 5.91 Å². The Morgan fingerprint density at radius 3 is 2.77 bits per heavy atom. The number of fused-ring (bicyclic) bond motifs is 1. The summed E-state index contributed by atoms with van der Waals surface area (Å²) in [6, 6.07) is 10.8. The lowest BCUT2D eigenvalue weighted by Crippen LogP contribution is -2.44. The highest BCUT2D eigenvalue weighted by atomic mass is 32.2. The van der Waals surface area contributed by atoms with Crippen molar-refractivity contribution in [3.63, 3.8) is 0 Å². The second kappa shape index (κ2) is 7.37. The lowest BCUT2D eigenvalue weighted by Gasteiger charge is -2.36. The van der Waals surface area contributed by atoms with Crippen molar-refractivity contribution >= 4 is 39.2 Å². The van der Waals surface area contributed by atoms with Crippen molar-refractivity contribution in [1.82, 2.24) is 15.3 Å². The van der Waals surface area contributed by atoms with Crippen LogP contribution in [0.4, 0.5) is 0 Å². The lowest BCUT2D eigenvalue weighted by atomic mass is 9.76. The van der Waals surface area contributed by atoms with E-state index in [0.717, 1.165) is 28.1 Å². The summed E-state index contributed by atoms with van der Waals surface area (Å²) < 4.78 is 0. The molecule has 1 fully saturated rings. The molecule has 1 aliphatic rings. The van der Waals surface area contributed by atoms with Gasteiger partial charge < -0.3 is 5.32 Å². The Bertz CT molecular complexity index is 933. The number of hydrogen-bond donors (Lipinski definition) is 1. The predicted molar refractivity (Wildman–Crippen MR) is 108 cm³/mol. The highest BCUT2D eigenvalue weighted by Crippen LogP contribution is 2.37. The van der Waals surface area contributed by atoms with Gasteiger partial charge in [0, 0.05) is 16.3 Å². The zero-order chi connectivity index (χ0) is 18.1. The van der Waals surface area contributed by atoms with Gasteiger partial charge in [-0.05, 0) is 43.7 Å². The van der Waals surface area contributed by atoms with E-state index >= 15 is 0 Å². The summed E-state index contributed by atoms with van der Waals surface area (Å²) in [6.07, 6.45) is 3.65. The number of nitrogens with zero attached hydrogens (tertiary/aromatic N) is 2.